The van der Waals surface area contributed by atoms with Gasteiger partial charge in [0.05, 0.1) is 19.0 Å². The van der Waals surface area contributed by atoms with Gasteiger partial charge in [0.15, 0.2) is 22.9 Å². The zero-order valence-electron chi connectivity index (χ0n) is 24.5. The number of methoxy groups -OCH3 is 1. The molecule has 10 heteroatoms. The van der Waals surface area contributed by atoms with Crippen LogP contribution in [0.4, 0.5) is 11.4 Å². The Bertz CT molecular complexity index is 1940. The van der Waals surface area contributed by atoms with Crippen molar-refractivity contribution in [2.45, 2.75) is 25.8 Å². The third kappa shape index (κ3) is 5.90. The molecule has 2 heterocycles. The molecule has 1 aromatic heterocycles. The number of fused-ring (bicyclic) bond motifs is 2. The van der Waals surface area contributed by atoms with E-state index in [2.05, 4.69) is 21.8 Å². The van der Waals surface area contributed by atoms with Gasteiger partial charge >= 0.3 is 0 Å². The van der Waals surface area contributed by atoms with E-state index in [1.165, 1.54) is 22.0 Å². The smallest absolute Gasteiger partial charge is 0.299 e. The summed E-state index contributed by atoms with van der Waals surface area (Å²) >= 11 is 0. The fraction of sp³-hybridized carbons (Fsp3) is 0.171. The summed E-state index contributed by atoms with van der Waals surface area (Å²) in [5.74, 6) is 2.72. The van der Waals surface area contributed by atoms with Crippen LogP contribution in [0.5, 0.6) is 28.7 Å². The number of nitrogens with one attached hydrogen (secondary N) is 2. The second kappa shape index (κ2) is 12.1. The summed E-state index contributed by atoms with van der Waals surface area (Å²) in [4.78, 5) is 26.7. The predicted octanol–water partition coefficient (Wildman–Crippen LogP) is 5.92. The van der Waals surface area contributed by atoms with Crippen LogP contribution in [0.2, 0.25) is 0 Å². The predicted molar refractivity (Wildman–Crippen MR) is 168 cm³/mol. The van der Waals surface area contributed by atoms with Gasteiger partial charge in [-0.3, -0.25) is 9.59 Å². The van der Waals surface area contributed by atoms with E-state index in [0.29, 0.717) is 46.5 Å². The molecule has 4 aromatic carbocycles. The molecular weight excluding hydrogens is 572 g/mol. The molecule has 226 valence electrons. The lowest BCUT2D eigenvalue weighted by molar-refractivity contribution is 0.0951. The number of nitrogens with zero attached hydrogens (tertiary/aromatic N) is 2. The van der Waals surface area contributed by atoms with Gasteiger partial charge in [0.2, 0.25) is 6.79 Å². The van der Waals surface area contributed by atoms with E-state index < -0.39 is 5.56 Å². The Balaban J connectivity index is 1.13. The fourth-order valence-electron chi connectivity index (χ4n) is 5.46. The molecule has 1 amide bonds. The third-order valence-corrected chi connectivity index (χ3v) is 7.86. The number of aryl methyl sites for hydroxylation is 2. The van der Waals surface area contributed by atoms with Gasteiger partial charge in [-0.25, -0.2) is 0 Å². The summed E-state index contributed by atoms with van der Waals surface area (Å²) in [6, 6.07) is 25.5. The van der Waals surface area contributed by atoms with Crippen molar-refractivity contribution in [2.75, 3.05) is 19.2 Å². The number of hydrogen-bond donors (Lipinski definition) is 2. The van der Waals surface area contributed by atoms with Crippen molar-refractivity contribution in [3.05, 3.63) is 124 Å². The van der Waals surface area contributed by atoms with Crippen molar-refractivity contribution < 1.29 is 23.7 Å². The van der Waals surface area contributed by atoms with Crippen molar-refractivity contribution in [1.82, 2.24) is 15.1 Å². The third-order valence-electron chi connectivity index (χ3n) is 7.86. The van der Waals surface area contributed by atoms with Crippen molar-refractivity contribution in [2.24, 2.45) is 0 Å². The first-order valence-corrected chi connectivity index (χ1v) is 14.6. The first-order chi connectivity index (χ1) is 22.0. The lowest BCUT2D eigenvalue weighted by Crippen LogP contribution is -2.24. The summed E-state index contributed by atoms with van der Waals surface area (Å²) in [5, 5.41) is 10.5. The van der Waals surface area contributed by atoms with Gasteiger partial charge in [-0.2, -0.15) is 9.78 Å². The summed E-state index contributed by atoms with van der Waals surface area (Å²) in [7, 11) is 1.58. The average Bonchev–Trinajstić information content (AvgIpc) is 3.75. The van der Waals surface area contributed by atoms with Gasteiger partial charge in [0.25, 0.3) is 11.5 Å². The molecule has 0 saturated carbocycles. The number of carbonyl (C=O) groups is 1. The highest BCUT2D eigenvalue weighted by molar-refractivity contribution is 5.94. The first kappa shape index (κ1) is 28.0. The summed E-state index contributed by atoms with van der Waals surface area (Å²) in [5.41, 5.74) is 4.94. The monoisotopic (exact) mass is 602 g/mol. The van der Waals surface area contributed by atoms with Gasteiger partial charge in [-0.1, -0.05) is 12.1 Å². The normalized spacial score (nSPS) is 12.8. The molecule has 1 aliphatic carbocycles. The van der Waals surface area contributed by atoms with Gasteiger partial charge in [-0.15, -0.1) is 0 Å². The standard InChI is InChI=1S/C35H30N4O6/c1-42-28-14-11-27(12-15-28)39-35(41)33(32(20-37-39)45-29-13-8-23-3-2-4-25(23)18-29)38-26-9-6-24(7-10-26)34(40)36-19-22-5-16-30-31(17-22)44-21-43-30/h5-18,20,38H,2-4,19,21H2,1H3,(H,36,40). The molecule has 5 aromatic rings. The number of rotatable bonds is 9. The Kier molecular flexibility index (Phi) is 7.52. The Morgan fingerprint density at radius 2 is 1.67 bits per heavy atom. The highest BCUT2D eigenvalue weighted by atomic mass is 16.7. The van der Waals surface area contributed by atoms with Gasteiger partial charge in [-0.05, 0) is 109 Å². The van der Waals surface area contributed by atoms with Crippen LogP contribution in [0.3, 0.4) is 0 Å². The summed E-state index contributed by atoms with van der Waals surface area (Å²) in [6.45, 7) is 0.531. The molecule has 2 N–H and O–H groups in total. The van der Waals surface area contributed by atoms with Gasteiger partial charge in [0, 0.05) is 17.8 Å². The second-order valence-electron chi connectivity index (χ2n) is 10.8. The molecule has 1 aliphatic heterocycles. The van der Waals surface area contributed by atoms with Gasteiger partial charge < -0.3 is 29.6 Å². The second-order valence-corrected chi connectivity index (χ2v) is 10.8. The highest BCUT2D eigenvalue weighted by Crippen LogP contribution is 2.34. The number of carbonyl (C=O) groups excluding carboxylic acids is 1. The number of hydrogen-bond acceptors (Lipinski definition) is 8. The molecule has 10 nitrogen and oxygen atoms in total. The van der Waals surface area contributed by atoms with Crippen LogP contribution in [-0.4, -0.2) is 29.6 Å². The summed E-state index contributed by atoms with van der Waals surface area (Å²) in [6.07, 6.45) is 4.72. The lowest BCUT2D eigenvalue weighted by atomic mass is 10.1. The molecule has 0 bridgehead atoms. The van der Waals surface area contributed by atoms with Crippen molar-refractivity contribution in [3.63, 3.8) is 0 Å². The van der Waals surface area contributed by atoms with E-state index >= 15 is 0 Å². The SMILES string of the molecule is COc1ccc(-n2ncc(Oc3ccc4c(c3)CCC4)c(Nc3ccc(C(=O)NCc4ccc5c(c4)OCO5)cc3)c2=O)cc1. The quantitative estimate of drug-likeness (QED) is 0.214. The molecule has 45 heavy (non-hydrogen) atoms. The molecular formula is C35H30N4O6. The minimum absolute atomic E-state index is 0.196. The zero-order valence-corrected chi connectivity index (χ0v) is 24.5. The first-order valence-electron chi connectivity index (χ1n) is 14.6. The molecule has 7 rings (SSSR count). The number of anilines is 2. The summed E-state index contributed by atoms with van der Waals surface area (Å²) < 4.78 is 23.6. The highest BCUT2D eigenvalue weighted by Gasteiger charge is 2.18. The van der Waals surface area contributed by atoms with Crippen LogP contribution >= 0.6 is 0 Å². The maximum Gasteiger partial charge on any atom is 0.299 e. The Morgan fingerprint density at radius 3 is 2.49 bits per heavy atom. The van der Waals surface area contributed by atoms with Crippen LogP contribution < -0.4 is 35.1 Å². The number of amides is 1. The maximum atomic E-state index is 13.8. The van der Waals surface area contributed by atoms with E-state index in [1.54, 1.807) is 55.6 Å². The van der Waals surface area contributed by atoms with Crippen LogP contribution in [0.1, 0.15) is 33.5 Å². The number of aromatic nitrogens is 2. The zero-order chi connectivity index (χ0) is 30.8. The van der Waals surface area contributed by atoms with E-state index in [4.69, 9.17) is 18.9 Å². The van der Waals surface area contributed by atoms with E-state index in [1.807, 2.05) is 30.3 Å². The van der Waals surface area contributed by atoms with Crippen molar-refractivity contribution in [3.8, 4) is 34.4 Å². The van der Waals surface area contributed by atoms with Crippen molar-refractivity contribution >= 4 is 17.3 Å². The molecule has 0 atom stereocenters. The van der Waals surface area contributed by atoms with Crippen LogP contribution in [-0.2, 0) is 19.4 Å². The van der Waals surface area contributed by atoms with E-state index in [0.717, 1.165) is 24.8 Å². The maximum absolute atomic E-state index is 13.8. The topological polar surface area (TPSA) is 113 Å². The minimum atomic E-state index is -0.399. The van der Waals surface area contributed by atoms with Crippen molar-refractivity contribution in [1.29, 1.82) is 0 Å². The molecule has 0 saturated heterocycles. The van der Waals surface area contributed by atoms with Crippen LogP contribution in [0.25, 0.3) is 5.69 Å². The fourth-order valence-corrected chi connectivity index (χ4v) is 5.46. The van der Waals surface area contributed by atoms with Crippen LogP contribution in [0.15, 0.2) is 95.9 Å². The largest absolute Gasteiger partial charge is 0.497 e. The molecule has 0 fully saturated rings. The molecule has 0 unspecified atom stereocenters. The number of ether oxygens (including phenoxy) is 4. The molecule has 2 aliphatic rings. The number of benzene rings is 4. The Morgan fingerprint density at radius 1 is 0.889 bits per heavy atom. The van der Waals surface area contributed by atoms with Gasteiger partial charge in [0.1, 0.15) is 11.5 Å². The van der Waals surface area contributed by atoms with E-state index in [-0.39, 0.29) is 24.1 Å². The Labute approximate surface area is 259 Å². The Hall–Kier alpha value is -5.77. The molecule has 0 radical (unpaired) electrons. The van der Waals surface area contributed by atoms with Crippen LogP contribution in [0, 0.1) is 0 Å². The average molecular weight is 603 g/mol. The molecule has 0 spiro atoms. The lowest BCUT2D eigenvalue weighted by Gasteiger charge is -2.15. The van der Waals surface area contributed by atoms with E-state index in [9.17, 15) is 9.59 Å². The minimum Gasteiger partial charge on any atom is -0.497 e.